The number of aromatic nitrogens is 3. The number of rotatable bonds is 3. The number of hydrogen-bond donors (Lipinski definition) is 1. The summed E-state index contributed by atoms with van der Waals surface area (Å²) in [5.41, 5.74) is 4.85. The fourth-order valence-corrected chi connectivity index (χ4v) is 3.83. The highest BCUT2D eigenvalue weighted by atomic mass is 15.1. The van der Waals surface area contributed by atoms with Gasteiger partial charge in [-0.05, 0) is 54.7 Å². The van der Waals surface area contributed by atoms with Crippen LogP contribution in [-0.2, 0) is 12.8 Å². The van der Waals surface area contributed by atoms with Crippen LogP contribution in [0, 0.1) is 0 Å². The zero-order valence-corrected chi connectivity index (χ0v) is 15.0. The van der Waals surface area contributed by atoms with E-state index in [0.717, 1.165) is 47.4 Å². The Labute approximate surface area is 158 Å². The summed E-state index contributed by atoms with van der Waals surface area (Å²) in [6, 6.07) is 21.2. The lowest BCUT2D eigenvalue weighted by molar-refractivity contribution is 0.609. The molecule has 27 heavy (non-hydrogen) atoms. The lowest BCUT2D eigenvalue weighted by Gasteiger charge is -2.26. The summed E-state index contributed by atoms with van der Waals surface area (Å²) in [5, 5.41) is 4.77. The minimum Gasteiger partial charge on any atom is -0.366 e. The Balaban J connectivity index is 1.53. The van der Waals surface area contributed by atoms with Crippen molar-refractivity contribution in [3.05, 3.63) is 84.2 Å². The molecule has 0 aliphatic heterocycles. The van der Waals surface area contributed by atoms with E-state index >= 15 is 0 Å². The van der Waals surface area contributed by atoms with Crippen LogP contribution in [0.5, 0.6) is 0 Å². The van der Waals surface area contributed by atoms with E-state index in [0.29, 0.717) is 6.04 Å². The van der Waals surface area contributed by atoms with E-state index in [1.165, 1.54) is 11.1 Å². The number of hydrogen-bond acceptors (Lipinski definition) is 4. The van der Waals surface area contributed by atoms with Gasteiger partial charge in [-0.1, -0.05) is 36.4 Å². The van der Waals surface area contributed by atoms with Crippen molar-refractivity contribution in [1.29, 1.82) is 0 Å². The van der Waals surface area contributed by atoms with Gasteiger partial charge in [0.05, 0.1) is 5.52 Å². The summed E-state index contributed by atoms with van der Waals surface area (Å²) in [4.78, 5) is 13.7. The van der Waals surface area contributed by atoms with Gasteiger partial charge in [-0.15, -0.1) is 0 Å². The second-order valence-electron chi connectivity index (χ2n) is 7.00. The largest absolute Gasteiger partial charge is 0.366 e. The van der Waals surface area contributed by atoms with Crippen molar-refractivity contribution in [2.24, 2.45) is 0 Å². The van der Waals surface area contributed by atoms with E-state index in [-0.39, 0.29) is 0 Å². The van der Waals surface area contributed by atoms with Crippen LogP contribution in [0.25, 0.3) is 22.3 Å². The maximum Gasteiger partial charge on any atom is 0.162 e. The molecule has 4 aromatic rings. The summed E-state index contributed by atoms with van der Waals surface area (Å²) >= 11 is 0. The molecule has 4 heteroatoms. The fraction of sp³-hybridized carbons (Fsp3) is 0.174. The van der Waals surface area contributed by atoms with Gasteiger partial charge in [-0.2, -0.15) is 0 Å². The summed E-state index contributed by atoms with van der Waals surface area (Å²) in [5.74, 6) is 1.65. The molecule has 1 aliphatic carbocycles. The number of nitrogens with zero attached hydrogens (tertiary/aromatic N) is 3. The van der Waals surface area contributed by atoms with Crippen molar-refractivity contribution in [2.45, 2.75) is 25.3 Å². The van der Waals surface area contributed by atoms with Crippen LogP contribution in [-0.4, -0.2) is 21.0 Å². The zero-order chi connectivity index (χ0) is 18.1. The maximum atomic E-state index is 4.87. The van der Waals surface area contributed by atoms with Gasteiger partial charge in [-0.25, -0.2) is 9.97 Å². The van der Waals surface area contributed by atoms with Gasteiger partial charge in [0.2, 0.25) is 0 Å². The zero-order valence-electron chi connectivity index (χ0n) is 15.0. The van der Waals surface area contributed by atoms with Crippen LogP contribution in [0.3, 0.4) is 0 Å². The minimum atomic E-state index is 0.378. The third kappa shape index (κ3) is 3.14. The Kier molecular flexibility index (Phi) is 4.02. The number of benzene rings is 2. The molecule has 0 bridgehead atoms. The van der Waals surface area contributed by atoms with Crippen molar-refractivity contribution in [2.75, 3.05) is 5.32 Å². The third-order valence-corrected chi connectivity index (χ3v) is 5.23. The Bertz CT molecular complexity index is 1090. The molecule has 0 radical (unpaired) electrons. The lowest BCUT2D eigenvalue weighted by Crippen LogP contribution is -2.28. The first-order chi connectivity index (χ1) is 13.4. The smallest absolute Gasteiger partial charge is 0.162 e. The first kappa shape index (κ1) is 15.9. The highest BCUT2D eigenvalue weighted by Crippen LogP contribution is 2.28. The van der Waals surface area contributed by atoms with E-state index < -0.39 is 0 Å². The molecule has 2 aromatic carbocycles. The molecular formula is C23H20N4. The summed E-state index contributed by atoms with van der Waals surface area (Å²) in [7, 11) is 0. The number of fused-ring (bicyclic) bond motifs is 2. The minimum absolute atomic E-state index is 0.378. The van der Waals surface area contributed by atoms with Gasteiger partial charge in [-0.3, -0.25) is 4.98 Å². The normalized spacial score (nSPS) is 16.1. The van der Waals surface area contributed by atoms with E-state index in [1.807, 2.05) is 30.3 Å². The standard InChI is InChI=1S/C23H20N4/c1-2-6-18-15-19(10-9-16(18)5-1)25-23-20-7-3-4-8-21(20)26-22(27-23)17-11-13-24-14-12-17/h1-8,11-14,19H,9-10,15H2,(H,25,26,27)/t19-/m0/s1. The molecule has 0 amide bonds. The maximum absolute atomic E-state index is 4.87. The molecule has 4 nitrogen and oxygen atoms in total. The molecule has 1 N–H and O–H groups in total. The average molecular weight is 352 g/mol. The molecule has 1 atom stereocenters. The Morgan fingerprint density at radius 3 is 2.48 bits per heavy atom. The van der Waals surface area contributed by atoms with E-state index in [1.54, 1.807) is 12.4 Å². The van der Waals surface area contributed by atoms with Crippen LogP contribution in [0.2, 0.25) is 0 Å². The topological polar surface area (TPSA) is 50.7 Å². The monoisotopic (exact) mass is 352 g/mol. The predicted octanol–water partition coefficient (Wildman–Crippen LogP) is 4.66. The van der Waals surface area contributed by atoms with Crippen molar-refractivity contribution in [3.8, 4) is 11.4 Å². The number of pyridine rings is 1. The van der Waals surface area contributed by atoms with Crippen LogP contribution >= 0.6 is 0 Å². The molecular weight excluding hydrogens is 332 g/mol. The Morgan fingerprint density at radius 2 is 1.59 bits per heavy atom. The summed E-state index contributed by atoms with van der Waals surface area (Å²) in [6.07, 6.45) is 6.80. The molecule has 132 valence electrons. The Morgan fingerprint density at radius 1 is 0.815 bits per heavy atom. The second-order valence-corrected chi connectivity index (χ2v) is 7.00. The molecule has 0 spiro atoms. The molecule has 5 rings (SSSR count). The van der Waals surface area contributed by atoms with Crippen molar-refractivity contribution < 1.29 is 0 Å². The van der Waals surface area contributed by atoms with Crippen LogP contribution in [0.1, 0.15) is 17.5 Å². The lowest BCUT2D eigenvalue weighted by atomic mass is 9.88. The van der Waals surface area contributed by atoms with Crippen LogP contribution in [0.4, 0.5) is 5.82 Å². The van der Waals surface area contributed by atoms with Gasteiger partial charge in [0.15, 0.2) is 5.82 Å². The molecule has 0 fully saturated rings. The highest BCUT2D eigenvalue weighted by molar-refractivity contribution is 5.90. The van der Waals surface area contributed by atoms with E-state index in [2.05, 4.69) is 40.6 Å². The number of para-hydroxylation sites is 1. The summed E-state index contributed by atoms with van der Waals surface area (Å²) in [6.45, 7) is 0. The van der Waals surface area contributed by atoms with E-state index in [9.17, 15) is 0 Å². The van der Waals surface area contributed by atoms with Crippen molar-refractivity contribution in [3.63, 3.8) is 0 Å². The van der Waals surface area contributed by atoms with E-state index in [4.69, 9.17) is 9.97 Å². The van der Waals surface area contributed by atoms with Gasteiger partial charge in [0.25, 0.3) is 0 Å². The number of anilines is 1. The van der Waals surface area contributed by atoms with Crippen molar-refractivity contribution in [1.82, 2.24) is 15.0 Å². The highest BCUT2D eigenvalue weighted by Gasteiger charge is 2.20. The van der Waals surface area contributed by atoms with Gasteiger partial charge in [0, 0.05) is 29.4 Å². The van der Waals surface area contributed by atoms with Gasteiger partial charge < -0.3 is 5.32 Å². The third-order valence-electron chi connectivity index (χ3n) is 5.23. The number of nitrogens with one attached hydrogen (secondary N) is 1. The van der Waals surface area contributed by atoms with Gasteiger partial charge >= 0.3 is 0 Å². The fourth-order valence-electron chi connectivity index (χ4n) is 3.83. The van der Waals surface area contributed by atoms with Crippen molar-refractivity contribution >= 4 is 16.7 Å². The molecule has 2 aromatic heterocycles. The van der Waals surface area contributed by atoms with Gasteiger partial charge in [0.1, 0.15) is 5.82 Å². The first-order valence-corrected chi connectivity index (χ1v) is 9.37. The molecule has 0 unspecified atom stereocenters. The first-order valence-electron chi connectivity index (χ1n) is 9.37. The molecule has 1 aliphatic rings. The summed E-state index contributed by atoms with van der Waals surface area (Å²) < 4.78 is 0. The molecule has 0 saturated heterocycles. The quantitative estimate of drug-likeness (QED) is 0.582. The van der Waals surface area contributed by atoms with Crippen LogP contribution < -0.4 is 5.32 Å². The molecule has 0 saturated carbocycles. The molecule has 2 heterocycles. The predicted molar refractivity (Wildman–Crippen MR) is 109 cm³/mol. The second kappa shape index (κ2) is 6.80. The average Bonchev–Trinajstić information content (AvgIpc) is 2.74. The van der Waals surface area contributed by atoms with Crippen LogP contribution in [0.15, 0.2) is 73.1 Å². The number of aryl methyl sites for hydroxylation is 1. The SMILES string of the molecule is c1ccc2c(c1)CC[C@H](Nc1nc(-c3ccncc3)nc3ccccc13)C2. The Hall–Kier alpha value is -3.27.